The Morgan fingerprint density at radius 2 is 1.67 bits per heavy atom. The number of benzene rings is 1. The quantitative estimate of drug-likeness (QED) is 0.340. The zero-order valence-electron chi connectivity index (χ0n) is 25.2. The number of hydrogen-bond acceptors (Lipinski definition) is 5. The molecule has 6 nitrogen and oxygen atoms in total. The van der Waals surface area contributed by atoms with Crippen molar-refractivity contribution in [1.82, 2.24) is 20.3 Å². The SMILES string of the molecule is [O-]N1CCc2c([nH]c3ccccc23)C1C1=CC2(O)CCC=CCCCCN3CCC1C1(CCC=CCCCCNC21)C3. The number of hydroxylamine groups is 2. The van der Waals surface area contributed by atoms with E-state index >= 15 is 0 Å². The molecule has 1 saturated heterocycles. The minimum Gasteiger partial charge on any atom is -0.784 e. The van der Waals surface area contributed by atoms with Gasteiger partial charge in [0.1, 0.15) is 0 Å². The minimum absolute atomic E-state index is 0.0342. The van der Waals surface area contributed by atoms with E-state index in [0.29, 0.717) is 13.0 Å². The molecule has 6 atom stereocenters. The standard InChI is InChI=1S/C36H49N4O2/c41-36-20-12-6-2-4-8-14-22-39-23-18-30(35(26-39)19-11-5-1-3-7-13-21-37-34(35)36)29(25-36)33-32-28(17-24-40(33)42)27-15-9-10-16-31(27)38-32/h1-2,5-6,9-10,15-16,25,30,33-34,37-38,41H,3-4,7-8,11-14,17-24,26H2/q-1. The second kappa shape index (κ2) is 12.0. The van der Waals surface area contributed by atoms with Crippen LogP contribution in [0.5, 0.6) is 0 Å². The number of fused-ring (bicyclic) bond motifs is 4. The van der Waals surface area contributed by atoms with Crippen LogP contribution in [0, 0.1) is 16.5 Å². The molecular formula is C36H49N4O2-. The van der Waals surface area contributed by atoms with E-state index in [-0.39, 0.29) is 23.4 Å². The Bertz CT molecular complexity index is 1350. The summed E-state index contributed by atoms with van der Waals surface area (Å²) in [4.78, 5) is 6.41. The number of nitrogens with one attached hydrogen (secondary N) is 2. The van der Waals surface area contributed by atoms with Crippen LogP contribution in [0.1, 0.15) is 87.9 Å². The van der Waals surface area contributed by atoms with Gasteiger partial charge in [0.15, 0.2) is 0 Å². The minimum atomic E-state index is -1.02. The number of nitrogens with zero attached hydrogens (tertiary/aromatic N) is 2. The van der Waals surface area contributed by atoms with E-state index in [2.05, 4.69) is 69.8 Å². The molecular weight excluding hydrogens is 520 g/mol. The topological polar surface area (TPSA) is 77.6 Å². The molecule has 3 bridgehead atoms. The Morgan fingerprint density at radius 1 is 0.881 bits per heavy atom. The Kier molecular flexibility index (Phi) is 8.19. The van der Waals surface area contributed by atoms with Gasteiger partial charge in [-0.15, -0.1) is 0 Å². The molecule has 0 saturated carbocycles. The van der Waals surface area contributed by atoms with E-state index in [1.54, 1.807) is 0 Å². The van der Waals surface area contributed by atoms with Gasteiger partial charge < -0.3 is 30.6 Å². The number of aliphatic hydroxyl groups is 1. The average Bonchev–Trinajstić information content (AvgIpc) is 3.34. The highest BCUT2D eigenvalue weighted by Gasteiger charge is 2.59. The van der Waals surface area contributed by atoms with Crippen molar-refractivity contribution in [3.63, 3.8) is 0 Å². The number of allylic oxidation sites excluding steroid dienone is 4. The molecule has 6 heteroatoms. The first-order valence-corrected chi connectivity index (χ1v) is 16.8. The number of aromatic nitrogens is 1. The molecule has 42 heavy (non-hydrogen) atoms. The maximum absolute atomic E-state index is 14.0. The van der Waals surface area contributed by atoms with Gasteiger partial charge in [0, 0.05) is 34.6 Å². The van der Waals surface area contributed by atoms with Gasteiger partial charge in [-0.05, 0) is 126 Å². The lowest BCUT2D eigenvalue weighted by Crippen LogP contribution is -2.69. The first-order valence-electron chi connectivity index (χ1n) is 16.8. The molecule has 0 radical (unpaired) electrons. The molecule has 1 spiro atoms. The zero-order valence-corrected chi connectivity index (χ0v) is 25.2. The zero-order chi connectivity index (χ0) is 28.6. The third-order valence-corrected chi connectivity index (χ3v) is 11.2. The molecule has 4 aliphatic heterocycles. The molecule has 7 rings (SSSR count). The summed E-state index contributed by atoms with van der Waals surface area (Å²) in [6.07, 6.45) is 24.0. The fourth-order valence-electron chi connectivity index (χ4n) is 9.34. The van der Waals surface area contributed by atoms with E-state index in [4.69, 9.17) is 0 Å². The molecule has 1 aliphatic carbocycles. The number of piperidine rings is 1. The van der Waals surface area contributed by atoms with E-state index in [1.807, 2.05) is 0 Å². The van der Waals surface area contributed by atoms with Gasteiger partial charge >= 0.3 is 0 Å². The highest BCUT2D eigenvalue weighted by atomic mass is 16.5. The van der Waals surface area contributed by atoms with Crippen LogP contribution in [0.2, 0.25) is 0 Å². The maximum atomic E-state index is 14.0. The Morgan fingerprint density at radius 3 is 2.55 bits per heavy atom. The molecule has 5 heterocycles. The lowest BCUT2D eigenvalue weighted by Gasteiger charge is -2.62. The van der Waals surface area contributed by atoms with Gasteiger partial charge in [0.25, 0.3) is 0 Å². The summed E-state index contributed by atoms with van der Waals surface area (Å²) in [5.74, 6) is 0.250. The smallest absolute Gasteiger partial charge is 0.0992 e. The highest BCUT2D eigenvalue weighted by molar-refractivity contribution is 5.85. The Hall–Kier alpha value is -2.22. The number of hydrogen-bond donors (Lipinski definition) is 3. The predicted molar refractivity (Wildman–Crippen MR) is 171 cm³/mol. The van der Waals surface area contributed by atoms with E-state index in [0.717, 1.165) is 88.8 Å². The van der Waals surface area contributed by atoms with Gasteiger partial charge in [-0.25, -0.2) is 0 Å². The summed E-state index contributed by atoms with van der Waals surface area (Å²) in [6.45, 7) is 4.59. The van der Waals surface area contributed by atoms with Crippen molar-refractivity contribution < 1.29 is 5.11 Å². The maximum Gasteiger partial charge on any atom is 0.0992 e. The molecule has 3 N–H and O–H groups in total. The molecule has 2 aromatic rings. The molecule has 5 aliphatic rings. The molecule has 6 unspecified atom stereocenters. The molecule has 1 aromatic heterocycles. The van der Waals surface area contributed by atoms with Crippen LogP contribution in [-0.2, 0) is 6.42 Å². The summed E-state index contributed by atoms with van der Waals surface area (Å²) in [5, 5.41) is 33.5. The van der Waals surface area contributed by atoms with Crippen LogP contribution >= 0.6 is 0 Å². The van der Waals surface area contributed by atoms with Crippen LogP contribution in [0.3, 0.4) is 0 Å². The summed E-state index contributed by atoms with van der Waals surface area (Å²) < 4.78 is 0. The fourth-order valence-corrected chi connectivity index (χ4v) is 9.34. The lowest BCUT2D eigenvalue weighted by molar-refractivity contribution is -0.0917. The van der Waals surface area contributed by atoms with Crippen molar-refractivity contribution >= 4 is 10.9 Å². The second-order valence-electron chi connectivity index (χ2n) is 13.7. The predicted octanol–water partition coefficient (Wildman–Crippen LogP) is 6.54. The highest BCUT2D eigenvalue weighted by Crippen LogP contribution is 2.57. The monoisotopic (exact) mass is 569 g/mol. The lowest BCUT2D eigenvalue weighted by atomic mass is 9.52. The van der Waals surface area contributed by atoms with Crippen molar-refractivity contribution in [3.05, 3.63) is 76.7 Å². The van der Waals surface area contributed by atoms with Gasteiger partial charge in [0.2, 0.25) is 0 Å². The van der Waals surface area contributed by atoms with Crippen molar-refractivity contribution in [1.29, 1.82) is 0 Å². The number of rotatable bonds is 1. The Balaban J connectivity index is 1.40. The fraction of sp³-hybridized carbons (Fsp3) is 0.611. The summed E-state index contributed by atoms with van der Waals surface area (Å²) >= 11 is 0. The summed E-state index contributed by atoms with van der Waals surface area (Å²) in [7, 11) is 0. The van der Waals surface area contributed by atoms with Gasteiger partial charge in [-0.1, -0.05) is 48.6 Å². The normalized spacial score (nSPS) is 36.6. The molecule has 226 valence electrons. The summed E-state index contributed by atoms with van der Waals surface area (Å²) in [6, 6.07) is 8.10. The van der Waals surface area contributed by atoms with E-state index < -0.39 is 5.60 Å². The largest absolute Gasteiger partial charge is 0.784 e. The van der Waals surface area contributed by atoms with Gasteiger partial charge in [-0.2, -0.15) is 0 Å². The molecule has 0 amide bonds. The molecule has 1 aromatic carbocycles. The summed E-state index contributed by atoms with van der Waals surface area (Å²) in [5.41, 5.74) is 3.48. The van der Waals surface area contributed by atoms with Gasteiger partial charge in [0.05, 0.1) is 11.6 Å². The van der Waals surface area contributed by atoms with Crippen molar-refractivity contribution in [2.24, 2.45) is 11.3 Å². The molecule has 1 fully saturated rings. The average molecular weight is 570 g/mol. The van der Waals surface area contributed by atoms with Gasteiger partial charge in [-0.3, -0.25) is 0 Å². The van der Waals surface area contributed by atoms with Crippen molar-refractivity contribution in [2.75, 3.05) is 32.7 Å². The first kappa shape index (κ1) is 28.5. The van der Waals surface area contributed by atoms with Crippen LogP contribution in [0.15, 0.2) is 60.2 Å². The van der Waals surface area contributed by atoms with Crippen LogP contribution in [0.4, 0.5) is 0 Å². The van der Waals surface area contributed by atoms with Crippen molar-refractivity contribution in [3.8, 4) is 0 Å². The third-order valence-electron chi connectivity index (χ3n) is 11.2. The van der Waals surface area contributed by atoms with Crippen LogP contribution < -0.4 is 5.32 Å². The third kappa shape index (κ3) is 5.13. The van der Waals surface area contributed by atoms with Crippen LogP contribution in [0.25, 0.3) is 10.9 Å². The van der Waals surface area contributed by atoms with Crippen LogP contribution in [-0.4, -0.2) is 64.4 Å². The van der Waals surface area contributed by atoms with Crippen molar-refractivity contribution in [2.45, 2.75) is 94.7 Å². The number of H-pyrrole nitrogens is 1. The number of para-hydroxylation sites is 1. The van der Waals surface area contributed by atoms with E-state index in [9.17, 15) is 10.3 Å². The number of aromatic amines is 1. The van der Waals surface area contributed by atoms with E-state index in [1.165, 1.54) is 40.8 Å². The Labute approximate surface area is 251 Å². The first-order chi connectivity index (χ1) is 20.6. The second-order valence-corrected chi connectivity index (χ2v) is 13.7.